The number of piperazine rings is 1. The smallest absolute Gasteiger partial charge is 0.232 e. The predicted molar refractivity (Wildman–Crippen MR) is 142 cm³/mol. The third kappa shape index (κ3) is 4.78. The number of hydrogen-bond donors (Lipinski definition) is 0. The van der Waals surface area contributed by atoms with Crippen molar-refractivity contribution >= 4 is 57.8 Å². The van der Waals surface area contributed by atoms with Gasteiger partial charge in [0.05, 0.1) is 27.1 Å². The van der Waals surface area contributed by atoms with E-state index in [-0.39, 0.29) is 5.91 Å². The molecule has 1 saturated heterocycles. The van der Waals surface area contributed by atoms with Crippen molar-refractivity contribution in [1.82, 2.24) is 4.90 Å². The highest BCUT2D eigenvalue weighted by atomic mass is 35.5. The first-order valence-electron chi connectivity index (χ1n) is 11.6. The third-order valence-electron chi connectivity index (χ3n) is 6.72. The molecule has 0 saturated carbocycles. The van der Waals surface area contributed by atoms with E-state index in [2.05, 4.69) is 15.9 Å². The highest BCUT2D eigenvalue weighted by Crippen LogP contribution is 2.38. The summed E-state index contributed by atoms with van der Waals surface area (Å²) in [5.41, 5.74) is 5.19. The second-order valence-corrected chi connectivity index (χ2v) is 10.0. The maximum absolute atomic E-state index is 13.6. The summed E-state index contributed by atoms with van der Waals surface area (Å²) >= 11 is 18.9. The fourth-order valence-corrected chi connectivity index (χ4v) is 5.46. The van der Waals surface area contributed by atoms with Crippen LogP contribution in [-0.4, -0.2) is 43.5 Å². The Morgan fingerprint density at radius 1 is 0.765 bits per heavy atom. The molecule has 0 atom stereocenters. The van der Waals surface area contributed by atoms with Gasteiger partial charge in [-0.25, -0.2) is 0 Å². The fraction of sp³-hybridized carbons (Fsp3) is 0.296. The van der Waals surface area contributed by atoms with Crippen LogP contribution in [0.3, 0.4) is 0 Å². The molecule has 4 nitrogen and oxygen atoms in total. The first-order chi connectivity index (χ1) is 16.5. The largest absolute Gasteiger partial charge is 0.368 e. The first-order valence-corrected chi connectivity index (χ1v) is 12.8. The predicted octanol–water partition coefficient (Wildman–Crippen LogP) is 6.62. The van der Waals surface area contributed by atoms with Crippen LogP contribution in [0.4, 0.5) is 17.1 Å². The lowest BCUT2D eigenvalue weighted by Gasteiger charge is -2.36. The molecular weight excluding hydrogens is 489 g/mol. The van der Waals surface area contributed by atoms with Crippen molar-refractivity contribution in [3.8, 4) is 0 Å². The maximum Gasteiger partial charge on any atom is 0.232 e. The molecule has 34 heavy (non-hydrogen) atoms. The molecule has 0 aliphatic carbocycles. The minimum Gasteiger partial charge on any atom is -0.368 e. The lowest BCUT2D eigenvalue weighted by Crippen LogP contribution is -2.47. The Labute approximate surface area is 215 Å². The molecule has 0 unspecified atom stereocenters. The molecule has 7 heteroatoms. The average Bonchev–Trinajstić information content (AvgIpc) is 3.01. The lowest BCUT2D eigenvalue weighted by molar-refractivity contribution is -0.118. The van der Waals surface area contributed by atoms with E-state index in [1.165, 1.54) is 5.56 Å². The Balaban J connectivity index is 1.28. The van der Waals surface area contributed by atoms with Crippen molar-refractivity contribution in [2.45, 2.75) is 19.3 Å². The van der Waals surface area contributed by atoms with Crippen molar-refractivity contribution in [3.63, 3.8) is 0 Å². The summed E-state index contributed by atoms with van der Waals surface area (Å²) in [6.07, 6.45) is 2.24. The summed E-state index contributed by atoms with van der Waals surface area (Å²) in [6.45, 7) is 4.15. The number of halogens is 3. The number of amides is 1. The van der Waals surface area contributed by atoms with Crippen molar-refractivity contribution in [3.05, 3.63) is 86.9 Å². The zero-order valence-corrected chi connectivity index (χ0v) is 21.1. The molecule has 0 radical (unpaired) electrons. The molecule has 5 rings (SSSR count). The van der Waals surface area contributed by atoms with Gasteiger partial charge in [0.15, 0.2) is 0 Å². The average molecular weight is 515 g/mol. The van der Waals surface area contributed by atoms with E-state index in [1.807, 2.05) is 59.5 Å². The number of carbonyl (C=O) groups excluding carboxylic acids is 1. The van der Waals surface area contributed by atoms with E-state index in [4.69, 9.17) is 34.8 Å². The van der Waals surface area contributed by atoms with E-state index in [0.29, 0.717) is 28.0 Å². The van der Waals surface area contributed by atoms with Gasteiger partial charge in [-0.05, 0) is 54.3 Å². The van der Waals surface area contributed by atoms with Gasteiger partial charge in [0.1, 0.15) is 0 Å². The van der Waals surface area contributed by atoms with Gasteiger partial charge in [0, 0.05) is 44.2 Å². The Morgan fingerprint density at radius 2 is 1.47 bits per heavy atom. The van der Waals surface area contributed by atoms with Gasteiger partial charge in [0.2, 0.25) is 5.91 Å². The minimum absolute atomic E-state index is 0.0955. The van der Waals surface area contributed by atoms with Gasteiger partial charge < -0.3 is 4.90 Å². The van der Waals surface area contributed by atoms with E-state index in [0.717, 1.165) is 61.6 Å². The number of aryl methyl sites for hydroxylation is 2. The fourth-order valence-electron chi connectivity index (χ4n) is 4.88. The number of carbonyl (C=O) groups is 1. The van der Waals surface area contributed by atoms with Crippen molar-refractivity contribution in [2.24, 2.45) is 0 Å². The summed E-state index contributed by atoms with van der Waals surface area (Å²) in [5, 5.41) is 1.82. The second kappa shape index (κ2) is 10.2. The summed E-state index contributed by atoms with van der Waals surface area (Å²) < 4.78 is 0. The van der Waals surface area contributed by atoms with Gasteiger partial charge >= 0.3 is 0 Å². The molecule has 0 aromatic heterocycles. The zero-order valence-electron chi connectivity index (χ0n) is 18.8. The van der Waals surface area contributed by atoms with Gasteiger partial charge in [-0.3, -0.25) is 14.6 Å². The van der Waals surface area contributed by atoms with Crippen LogP contribution in [0.5, 0.6) is 0 Å². The normalized spacial score (nSPS) is 16.1. The summed E-state index contributed by atoms with van der Waals surface area (Å²) in [7, 11) is 0. The highest BCUT2D eigenvalue weighted by Gasteiger charge is 2.27. The molecule has 0 spiro atoms. The maximum atomic E-state index is 13.6. The Kier molecular flexibility index (Phi) is 7.03. The number of nitrogens with zero attached hydrogens (tertiary/aromatic N) is 3. The second-order valence-electron chi connectivity index (χ2n) is 8.78. The molecule has 0 bridgehead atoms. The van der Waals surface area contributed by atoms with Crippen LogP contribution in [0.1, 0.15) is 17.5 Å². The van der Waals surface area contributed by atoms with Crippen LogP contribution in [0.2, 0.25) is 15.1 Å². The van der Waals surface area contributed by atoms with E-state index >= 15 is 0 Å². The lowest BCUT2D eigenvalue weighted by atomic mass is 10.0. The zero-order chi connectivity index (χ0) is 23.7. The van der Waals surface area contributed by atoms with Crippen molar-refractivity contribution in [1.29, 1.82) is 0 Å². The van der Waals surface area contributed by atoms with Gasteiger partial charge in [-0.1, -0.05) is 65.1 Å². The van der Waals surface area contributed by atoms with Crippen LogP contribution < -0.4 is 9.80 Å². The number of anilines is 3. The number of benzene rings is 3. The summed E-state index contributed by atoms with van der Waals surface area (Å²) in [5.74, 6) is 0.0955. The van der Waals surface area contributed by atoms with E-state index < -0.39 is 0 Å². The summed E-state index contributed by atoms with van der Waals surface area (Å²) in [6, 6.07) is 19.8. The Hall–Kier alpha value is -2.24. The topological polar surface area (TPSA) is 26.8 Å². The molecule has 2 heterocycles. The van der Waals surface area contributed by atoms with Crippen molar-refractivity contribution < 1.29 is 4.79 Å². The molecule has 1 amide bonds. The number of fused-ring (bicyclic) bond motifs is 2. The van der Waals surface area contributed by atoms with E-state index in [9.17, 15) is 4.79 Å². The molecule has 2 aliphatic heterocycles. The van der Waals surface area contributed by atoms with Gasteiger partial charge in [-0.2, -0.15) is 0 Å². The van der Waals surface area contributed by atoms with Crippen molar-refractivity contribution in [2.75, 3.05) is 42.5 Å². The SMILES string of the molecule is O=C(CCN1CCN(c2cccc(Cl)c2Cl)CC1)N1c2ccccc2CCc2ccc(Cl)cc21. The summed E-state index contributed by atoms with van der Waals surface area (Å²) in [4.78, 5) is 20.1. The minimum atomic E-state index is 0.0955. The molecular formula is C27H26Cl3N3O. The Morgan fingerprint density at radius 3 is 2.26 bits per heavy atom. The molecule has 0 N–H and O–H groups in total. The third-order valence-corrected chi connectivity index (χ3v) is 7.76. The number of para-hydroxylation sites is 1. The number of hydrogen-bond acceptors (Lipinski definition) is 3. The van der Waals surface area contributed by atoms with Crippen LogP contribution in [-0.2, 0) is 17.6 Å². The van der Waals surface area contributed by atoms with Gasteiger partial charge in [-0.15, -0.1) is 0 Å². The monoisotopic (exact) mass is 513 g/mol. The Bertz CT molecular complexity index is 1210. The van der Waals surface area contributed by atoms with Crippen LogP contribution in [0.25, 0.3) is 0 Å². The number of rotatable bonds is 4. The standard InChI is InChI=1S/C27H26Cl3N3O/c28-21-11-10-20-9-8-19-4-1-2-6-23(19)33(25(20)18-21)26(34)12-13-31-14-16-32(17-15-31)24-7-3-5-22(29)27(24)30/h1-7,10-11,18H,8-9,12-17H2. The highest BCUT2D eigenvalue weighted by molar-refractivity contribution is 6.43. The molecule has 3 aromatic carbocycles. The molecule has 2 aliphatic rings. The molecule has 3 aromatic rings. The van der Waals surface area contributed by atoms with Crippen LogP contribution in [0.15, 0.2) is 60.7 Å². The van der Waals surface area contributed by atoms with Crippen LogP contribution in [0, 0.1) is 0 Å². The first kappa shape index (κ1) is 23.5. The van der Waals surface area contributed by atoms with Crippen LogP contribution >= 0.6 is 34.8 Å². The quantitative estimate of drug-likeness (QED) is 0.391. The van der Waals surface area contributed by atoms with Gasteiger partial charge in [0.25, 0.3) is 0 Å². The molecule has 1 fully saturated rings. The van der Waals surface area contributed by atoms with E-state index in [1.54, 1.807) is 0 Å². The molecule has 176 valence electrons.